The van der Waals surface area contributed by atoms with Gasteiger partial charge < -0.3 is 9.88 Å². The Balaban J connectivity index is 1.36. The van der Waals surface area contributed by atoms with Crippen LogP contribution in [0, 0.1) is 18.6 Å². The summed E-state index contributed by atoms with van der Waals surface area (Å²) in [6.45, 7) is 5.54. The molecular weight excluding hydrogens is 396 g/mol. The largest absolute Gasteiger partial charge is 0.354 e. The third-order valence-electron chi connectivity index (χ3n) is 5.10. The smallest absolute Gasteiger partial charge is 0.240 e. The molecule has 2 N–H and O–H groups in total. The highest BCUT2D eigenvalue weighted by Crippen LogP contribution is 2.18. The molecule has 0 spiro atoms. The van der Waals surface area contributed by atoms with Crippen molar-refractivity contribution in [3.8, 4) is 11.4 Å². The molecular formula is C22H24N6OS. The standard InChI is InChI=1S/C22H24N6OS/c1-15-8-10-17(11-9-15)21-25-26-22(30)28(21)14-20(29)23-12-5-13-27-16(2)24-18-6-3-4-7-19(18)27/h3-4,6-11H,5,12-14H2,1-2H3,(H,23,29)(H,26,30). The van der Waals surface area contributed by atoms with Gasteiger partial charge in [-0.15, -0.1) is 0 Å². The van der Waals surface area contributed by atoms with Gasteiger partial charge in [0, 0.05) is 18.7 Å². The molecule has 0 aliphatic rings. The number of carbonyl (C=O) groups excluding carboxylic acids is 1. The summed E-state index contributed by atoms with van der Waals surface area (Å²) in [7, 11) is 0. The predicted molar refractivity (Wildman–Crippen MR) is 120 cm³/mol. The van der Waals surface area contributed by atoms with Crippen LogP contribution in [0.1, 0.15) is 17.8 Å². The maximum atomic E-state index is 12.5. The maximum Gasteiger partial charge on any atom is 0.240 e. The fraction of sp³-hybridized carbons (Fsp3) is 0.273. The number of aromatic nitrogens is 5. The van der Waals surface area contributed by atoms with E-state index in [9.17, 15) is 4.79 Å². The van der Waals surface area contributed by atoms with Gasteiger partial charge in [-0.05, 0) is 44.6 Å². The van der Waals surface area contributed by atoms with Gasteiger partial charge in [0.2, 0.25) is 5.91 Å². The van der Waals surface area contributed by atoms with Crippen molar-refractivity contribution in [2.45, 2.75) is 33.4 Å². The number of nitrogens with zero attached hydrogens (tertiary/aromatic N) is 4. The number of hydrogen-bond donors (Lipinski definition) is 2. The summed E-state index contributed by atoms with van der Waals surface area (Å²) in [5.41, 5.74) is 4.20. The number of aromatic amines is 1. The summed E-state index contributed by atoms with van der Waals surface area (Å²) >= 11 is 5.32. The van der Waals surface area contributed by atoms with Crippen LogP contribution in [0.5, 0.6) is 0 Å². The Labute approximate surface area is 179 Å². The Bertz CT molecular complexity index is 1230. The fourth-order valence-electron chi connectivity index (χ4n) is 3.53. The van der Waals surface area contributed by atoms with Gasteiger partial charge in [-0.2, -0.15) is 5.10 Å². The summed E-state index contributed by atoms with van der Waals surface area (Å²) in [6, 6.07) is 16.1. The van der Waals surface area contributed by atoms with Crippen LogP contribution in [0.4, 0.5) is 0 Å². The first kappa shape index (κ1) is 20.0. The van der Waals surface area contributed by atoms with Gasteiger partial charge in [0.25, 0.3) is 0 Å². The van der Waals surface area contributed by atoms with E-state index < -0.39 is 0 Å². The minimum Gasteiger partial charge on any atom is -0.354 e. The Morgan fingerprint density at radius 2 is 1.87 bits per heavy atom. The van der Waals surface area contributed by atoms with Crippen LogP contribution in [0.3, 0.4) is 0 Å². The predicted octanol–water partition coefficient (Wildman–Crippen LogP) is 3.78. The normalized spacial score (nSPS) is 11.1. The molecule has 1 amide bonds. The molecule has 7 nitrogen and oxygen atoms in total. The van der Waals surface area contributed by atoms with Gasteiger partial charge in [0.05, 0.1) is 11.0 Å². The number of para-hydroxylation sites is 2. The molecule has 4 aromatic rings. The lowest BCUT2D eigenvalue weighted by Crippen LogP contribution is -2.29. The molecule has 0 aliphatic heterocycles. The summed E-state index contributed by atoms with van der Waals surface area (Å²) in [5.74, 6) is 1.55. The molecule has 0 saturated carbocycles. The second-order valence-corrected chi connectivity index (χ2v) is 7.69. The van der Waals surface area contributed by atoms with Crippen molar-refractivity contribution >= 4 is 29.2 Å². The monoisotopic (exact) mass is 420 g/mol. The molecule has 30 heavy (non-hydrogen) atoms. The Hall–Kier alpha value is -3.26. The molecule has 154 valence electrons. The lowest BCUT2D eigenvalue weighted by atomic mass is 10.1. The summed E-state index contributed by atoms with van der Waals surface area (Å²) < 4.78 is 4.34. The SMILES string of the molecule is Cc1ccc(-c2n[nH]c(=S)n2CC(=O)NCCCn2c(C)nc3ccccc32)cc1. The van der Waals surface area contributed by atoms with E-state index in [2.05, 4.69) is 31.1 Å². The average Bonchev–Trinajstić information content (AvgIpc) is 3.25. The van der Waals surface area contributed by atoms with Gasteiger partial charge in [0.15, 0.2) is 10.6 Å². The summed E-state index contributed by atoms with van der Waals surface area (Å²) in [4.78, 5) is 17.1. The summed E-state index contributed by atoms with van der Waals surface area (Å²) in [5, 5.41) is 10.1. The molecule has 4 rings (SSSR count). The number of H-pyrrole nitrogens is 1. The van der Waals surface area contributed by atoms with E-state index >= 15 is 0 Å². The van der Waals surface area contributed by atoms with E-state index in [1.165, 1.54) is 0 Å². The zero-order valence-electron chi connectivity index (χ0n) is 17.1. The maximum absolute atomic E-state index is 12.5. The number of benzene rings is 2. The molecule has 0 aliphatic carbocycles. The molecule has 0 saturated heterocycles. The van der Waals surface area contributed by atoms with Crippen molar-refractivity contribution in [3.63, 3.8) is 0 Å². The van der Waals surface area contributed by atoms with E-state index in [0.29, 0.717) is 17.1 Å². The first-order chi connectivity index (χ1) is 14.5. The minimum absolute atomic E-state index is 0.0897. The lowest BCUT2D eigenvalue weighted by molar-refractivity contribution is -0.121. The second-order valence-electron chi connectivity index (χ2n) is 7.31. The lowest BCUT2D eigenvalue weighted by Gasteiger charge is -2.10. The van der Waals surface area contributed by atoms with Gasteiger partial charge in [-0.1, -0.05) is 42.0 Å². The average molecular weight is 421 g/mol. The van der Waals surface area contributed by atoms with E-state index in [0.717, 1.165) is 41.0 Å². The van der Waals surface area contributed by atoms with E-state index in [1.54, 1.807) is 4.57 Å². The van der Waals surface area contributed by atoms with Gasteiger partial charge in [-0.25, -0.2) is 4.98 Å². The Morgan fingerprint density at radius 3 is 2.67 bits per heavy atom. The fourth-order valence-corrected chi connectivity index (χ4v) is 3.73. The quantitative estimate of drug-likeness (QED) is 0.352. The van der Waals surface area contributed by atoms with E-state index in [1.807, 2.05) is 56.3 Å². The van der Waals surface area contributed by atoms with Crippen LogP contribution >= 0.6 is 12.2 Å². The molecule has 2 aromatic heterocycles. The Kier molecular flexibility index (Phi) is 5.76. The van der Waals surface area contributed by atoms with Crippen molar-refractivity contribution < 1.29 is 4.79 Å². The van der Waals surface area contributed by atoms with Crippen molar-refractivity contribution in [1.82, 2.24) is 29.6 Å². The number of rotatable bonds is 7. The van der Waals surface area contributed by atoms with Crippen molar-refractivity contribution in [2.75, 3.05) is 6.54 Å². The van der Waals surface area contributed by atoms with Crippen LogP contribution in [-0.4, -0.2) is 36.8 Å². The van der Waals surface area contributed by atoms with Crippen LogP contribution in [0.25, 0.3) is 22.4 Å². The van der Waals surface area contributed by atoms with E-state index in [4.69, 9.17) is 12.2 Å². The molecule has 2 heterocycles. The first-order valence-electron chi connectivity index (χ1n) is 9.94. The molecule has 0 bridgehead atoms. The summed E-state index contributed by atoms with van der Waals surface area (Å²) in [6.07, 6.45) is 0.814. The number of carbonyl (C=O) groups is 1. The highest BCUT2D eigenvalue weighted by Gasteiger charge is 2.12. The van der Waals surface area contributed by atoms with Crippen molar-refractivity contribution in [1.29, 1.82) is 0 Å². The Morgan fingerprint density at radius 1 is 1.10 bits per heavy atom. The third kappa shape index (κ3) is 4.18. The number of aryl methyl sites for hydroxylation is 3. The second kappa shape index (κ2) is 8.62. The first-order valence-corrected chi connectivity index (χ1v) is 10.3. The van der Waals surface area contributed by atoms with Crippen molar-refractivity contribution in [3.05, 3.63) is 64.7 Å². The minimum atomic E-state index is -0.0897. The molecule has 8 heteroatoms. The van der Waals surface area contributed by atoms with Crippen molar-refractivity contribution in [2.24, 2.45) is 0 Å². The van der Waals surface area contributed by atoms with Crippen LogP contribution in [-0.2, 0) is 17.9 Å². The number of fused-ring (bicyclic) bond motifs is 1. The molecule has 2 aromatic carbocycles. The molecule has 0 atom stereocenters. The van der Waals surface area contributed by atoms with Gasteiger partial charge in [-0.3, -0.25) is 14.5 Å². The number of nitrogens with one attached hydrogen (secondary N) is 2. The third-order valence-corrected chi connectivity index (χ3v) is 5.41. The van der Waals surface area contributed by atoms with Gasteiger partial charge >= 0.3 is 0 Å². The zero-order valence-corrected chi connectivity index (χ0v) is 17.9. The molecule has 0 unspecified atom stereocenters. The van der Waals surface area contributed by atoms with Crippen LogP contribution < -0.4 is 5.32 Å². The zero-order chi connectivity index (χ0) is 21.1. The van der Waals surface area contributed by atoms with E-state index in [-0.39, 0.29) is 12.5 Å². The van der Waals surface area contributed by atoms with Gasteiger partial charge in [0.1, 0.15) is 12.4 Å². The van der Waals surface area contributed by atoms with Crippen LogP contribution in [0.15, 0.2) is 48.5 Å². The highest BCUT2D eigenvalue weighted by atomic mass is 32.1. The number of imidazole rings is 1. The number of hydrogen-bond acceptors (Lipinski definition) is 4. The number of amides is 1. The highest BCUT2D eigenvalue weighted by molar-refractivity contribution is 7.71. The molecule has 0 fully saturated rings. The van der Waals surface area contributed by atoms with Crippen LogP contribution in [0.2, 0.25) is 0 Å². The molecule has 0 radical (unpaired) electrons. The topological polar surface area (TPSA) is 80.5 Å².